The summed E-state index contributed by atoms with van der Waals surface area (Å²) in [4.78, 5) is 11.9. The quantitative estimate of drug-likeness (QED) is 0.806. The third kappa shape index (κ3) is 4.24. The molecule has 1 aliphatic heterocycles. The molecule has 1 amide bonds. The third-order valence-electron chi connectivity index (χ3n) is 5.13. The van der Waals surface area contributed by atoms with Gasteiger partial charge in [-0.05, 0) is 43.4 Å². The number of primary amides is 1. The Labute approximate surface area is 138 Å². The van der Waals surface area contributed by atoms with Crippen LogP contribution in [0.5, 0.6) is 5.75 Å². The molecule has 5 nitrogen and oxygen atoms in total. The molecule has 0 aliphatic carbocycles. The lowest BCUT2D eigenvalue weighted by molar-refractivity contribution is -0.133. The number of methoxy groups -OCH3 is 1. The standard InChI is InChI=1S/C18H28N2O3/c1-13(15-4-6-16(22-3)7-5-15)14(2)20-12-18(17(19)21)8-10-23-11-9-18/h4-7,13-14,20H,8-12H2,1-3H3,(H2,19,21)/t13-,14+/m0/s1. The van der Waals surface area contributed by atoms with Gasteiger partial charge in [0.25, 0.3) is 0 Å². The second kappa shape index (κ2) is 7.79. The van der Waals surface area contributed by atoms with Gasteiger partial charge in [0.1, 0.15) is 5.75 Å². The zero-order valence-corrected chi connectivity index (χ0v) is 14.3. The Balaban J connectivity index is 1.96. The first-order valence-electron chi connectivity index (χ1n) is 8.23. The number of ether oxygens (including phenoxy) is 2. The molecule has 1 aliphatic rings. The number of nitrogens with one attached hydrogen (secondary N) is 1. The Morgan fingerprint density at radius 2 is 1.91 bits per heavy atom. The number of nitrogens with two attached hydrogens (primary N) is 1. The summed E-state index contributed by atoms with van der Waals surface area (Å²) in [6, 6.07) is 8.35. The highest BCUT2D eigenvalue weighted by Crippen LogP contribution is 2.30. The van der Waals surface area contributed by atoms with Crippen LogP contribution >= 0.6 is 0 Å². The SMILES string of the molecule is COc1ccc([C@@H](C)[C@@H](C)NCC2(C(N)=O)CCOCC2)cc1. The number of benzene rings is 1. The van der Waals surface area contributed by atoms with E-state index in [0.29, 0.717) is 38.5 Å². The highest BCUT2D eigenvalue weighted by molar-refractivity contribution is 5.81. The lowest BCUT2D eigenvalue weighted by Crippen LogP contribution is -2.50. The molecule has 0 spiro atoms. The molecule has 3 N–H and O–H groups in total. The Hall–Kier alpha value is -1.59. The molecule has 1 saturated heterocycles. The molecule has 1 aromatic rings. The van der Waals surface area contributed by atoms with Crippen LogP contribution in [-0.2, 0) is 9.53 Å². The van der Waals surface area contributed by atoms with Crippen molar-refractivity contribution in [2.45, 2.75) is 38.6 Å². The smallest absolute Gasteiger partial charge is 0.225 e. The Kier molecular flexibility index (Phi) is 6.02. The fourth-order valence-electron chi connectivity index (χ4n) is 3.00. The average molecular weight is 320 g/mol. The van der Waals surface area contributed by atoms with Gasteiger partial charge in [-0.2, -0.15) is 0 Å². The van der Waals surface area contributed by atoms with Gasteiger partial charge >= 0.3 is 0 Å². The maximum absolute atomic E-state index is 11.9. The summed E-state index contributed by atoms with van der Waals surface area (Å²) >= 11 is 0. The summed E-state index contributed by atoms with van der Waals surface area (Å²) in [7, 11) is 1.67. The van der Waals surface area contributed by atoms with Crippen LogP contribution in [0, 0.1) is 5.41 Å². The fraction of sp³-hybridized carbons (Fsp3) is 0.611. The Morgan fingerprint density at radius 3 is 2.43 bits per heavy atom. The molecule has 1 aromatic carbocycles. The van der Waals surface area contributed by atoms with E-state index in [-0.39, 0.29) is 11.9 Å². The van der Waals surface area contributed by atoms with E-state index in [9.17, 15) is 4.79 Å². The number of carbonyl (C=O) groups excluding carboxylic acids is 1. The highest BCUT2D eigenvalue weighted by Gasteiger charge is 2.38. The fourth-order valence-corrected chi connectivity index (χ4v) is 3.00. The minimum Gasteiger partial charge on any atom is -0.497 e. The molecule has 2 rings (SSSR count). The van der Waals surface area contributed by atoms with Crippen LogP contribution in [0.1, 0.15) is 38.2 Å². The van der Waals surface area contributed by atoms with E-state index in [0.717, 1.165) is 5.75 Å². The second-order valence-electron chi connectivity index (χ2n) is 6.49. The largest absolute Gasteiger partial charge is 0.497 e. The topological polar surface area (TPSA) is 73.6 Å². The van der Waals surface area contributed by atoms with E-state index in [1.165, 1.54) is 5.56 Å². The first kappa shape index (κ1) is 17.8. The molecular formula is C18H28N2O3. The summed E-state index contributed by atoms with van der Waals surface area (Å²) in [6.07, 6.45) is 1.39. The molecule has 0 radical (unpaired) electrons. The molecule has 5 heteroatoms. The molecule has 23 heavy (non-hydrogen) atoms. The molecule has 2 atom stereocenters. The molecule has 128 valence electrons. The molecule has 0 bridgehead atoms. The van der Waals surface area contributed by atoms with Crippen LogP contribution in [0.3, 0.4) is 0 Å². The molecule has 0 saturated carbocycles. The molecule has 0 aromatic heterocycles. The number of hydrogen-bond acceptors (Lipinski definition) is 4. The van der Waals surface area contributed by atoms with Crippen molar-refractivity contribution in [1.82, 2.24) is 5.32 Å². The zero-order valence-electron chi connectivity index (χ0n) is 14.3. The lowest BCUT2D eigenvalue weighted by Gasteiger charge is -2.36. The van der Waals surface area contributed by atoms with Crippen molar-refractivity contribution < 1.29 is 14.3 Å². The van der Waals surface area contributed by atoms with Crippen molar-refractivity contribution in [2.24, 2.45) is 11.1 Å². The summed E-state index contributed by atoms with van der Waals surface area (Å²) < 4.78 is 10.6. The van der Waals surface area contributed by atoms with Gasteiger partial charge in [-0.1, -0.05) is 19.1 Å². The molecule has 1 fully saturated rings. The molecular weight excluding hydrogens is 292 g/mol. The Morgan fingerprint density at radius 1 is 1.30 bits per heavy atom. The summed E-state index contributed by atoms with van der Waals surface area (Å²) in [5.41, 5.74) is 6.42. The van der Waals surface area contributed by atoms with Gasteiger partial charge in [0.05, 0.1) is 12.5 Å². The first-order valence-corrected chi connectivity index (χ1v) is 8.23. The highest BCUT2D eigenvalue weighted by atomic mass is 16.5. The van der Waals surface area contributed by atoms with E-state index in [4.69, 9.17) is 15.2 Å². The normalized spacial score (nSPS) is 19.8. The van der Waals surface area contributed by atoms with E-state index in [1.807, 2.05) is 12.1 Å². The van der Waals surface area contributed by atoms with Crippen molar-refractivity contribution in [3.8, 4) is 5.75 Å². The summed E-state index contributed by atoms with van der Waals surface area (Å²) in [6.45, 7) is 6.14. The number of hydrogen-bond donors (Lipinski definition) is 2. The minimum absolute atomic E-state index is 0.224. The zero-order chi connectivity index (χ0) is 16.9. The third-order valence-corrected chi connectivity index (χ3v) is 5.13. The second-order valence-corrected chi connectivity index (χ2v) is 6.49. The van der Waals surface area contributed by atoms with E-state index in [2.05, 4.69) is 31.3 Å². The van der Waals surface area contributed by atoms with Crippen LogP contribution in [0.4, 0.5) is 0 Å². The maximum Gasteiger partial charge on any atom is 0.225 e. The van der Waals surface area contributed by atoms with Crippen molar-refractivity contribution in [3.05, 3.63) is 29.8 Å². The van der Waals surface area contributed by atoms with Gasteiger partial charge in [-0.3, -0.25) is 4.79 Å². The van der Waals surface area contributed by atoms with Gasteiger partial charge in [0, 0.05) is 25.8 Å². The van der Waals surface area contributed by atoms with E-state index >= 15 is 0 Å². The molecule has 0 unspecified atom stereocenters. The van der Waals surface area contributed by atoms with Gasteiger partial charge in [-0.15, -0.1) is 0 Å². The van der Waals surface area contributed by atoms with E-state index < -0.39 is 5.41 Å². The monoisotopic (exact) mass is 320 g/mol. The lowest BCUT2D eigenvalue weighted by atomic mass is 9.79. The van der Waals surface area contributed by atoms with Crippen molar-refractivity contribution in [2.75, 3.05) is 26.9 Å². The predicted octanol–water partition coefficient (Wildman–Crippen LogP) is 2.06. The average Bonchev–Trinajstić information content (AvgIpc) is 2.59. The van der Waals surface area contributed by atoms with Crippen LogP contribution in [0.25, 0.3) is 0 Å². The van der Waals surface area contributed by atoms with E-state index in [1.54, 1.807) is 7.11 Å². The minimum atomic E-state index is -0.480. The van der Waals surface area contributed by atoms with Gasteiger partial charge in [-0.25, -0.2) is 0 Å². The van der Waals surface area contributed by atoms with Crippen LogP contribution in [0.15, 0.2) is 24.3 Å². The number of amides is 1. The number of rotatable bonds is 7. The first-order chi connectivity index (χ1) is 11.0. The van der Waals surface area contributed by atoms with Gasteiger partial charge in [0.2, 0.25) is 5.91 Å². The maximum atomic E-state index is 11.9. The van der Waals surface area contributed by atoms with Crippen molar-refractivity contribution in [1.29, 1.82) is 0 Å². The molecule has 1 heterocycles. The predicted molar refractivity (Wildman–Crippen MR) is 90.6 cm³/mol. The summed E-state index contributed by atoms with van der Waals surface area (Å²) in [5, 5.41) is 3.51. The van der Waals surface area contributed by atoms with Crippen LogP contribution < -0.4 is 15.8 Å². The van der Waals surface area contributed by atoms with Gasteiger partial charge in [0.15, 0.2) is 0 Å². The van der Waals surface area contributed by atoms with Crippen LogP contribution in [-0.4, -0.2) is 38.8 Å². The Bertz CT molecular complexity index is 510. The summed E-state index contributed by atoms with van der Waals surface area (Å²) in [5.74, 6) is 0.958. The van der Waals surface area contributed by atoms with Crippen molar-refractivity contribution in [3.63, 3.8) is 0 Å². The van der Waals surface area contributed by atoms with Crippen LogP contribution in [0.2, 0.25) is 0 Å². The number of carbonyl (C=O) groups is 1. The van der Waals surface area contributed by atoms with Gasteiger partial charge < -0.3 is 20.5 Å². The van der Waals surface area contributed by atoms with Crippen molar-refractivity contribution >= 4 is 5.91 Å².